The maximum atomic E-state index is 12.0. The van der Waals surface area contributed by atoms with Gasteiger partial charge in [0.05, 0.1) is 11.9 Å². The van der Waals surface area contributed by atoms with Crippen molar-refractivity contribution >= 4 is 38.9 Å². The molecule has 0 saturated carbocycles. The maximum Gasteiger partial charge on any atom is 0.232 e. The van der Waals surface area contributed by atoms with Gasteiger partial charge in [-0.05, 0) is 49.2 Å². The summed E-state index contributed by atoms with van der Waals surface area (Å²) < 4.78 is 25.3. The van der Waals surface area contributed by atoms with E-state index >= 15 is 0 Å². The smallest absolute Gasteiger partial charge is 0.232 e. The first kappa shape index (κ1) is 19.3. The van der Waals surface area contributed by atoms with E-state index < -0.39 is 10.0 Å². The summed E-state index contributed by atoms with van der Waals surface area (Å²) in [4.78, 5) is 12.0. The lowest BCUT2D eigenvalue weighted by Gasteiger charge is -2.22. The van der Waals surface area contributed by atoms with Crippen LogP contribution < -0.4 is 9.62 Å². The van der Waals surface area contributed by atoms with Gasteiger partial charge in [0.2, 0.25) is 15.9 Å². The molecule has 7 heteroatoms. The molecule has 2 rings (SSSR count). The van der Waals surface area contributed by atoms with Crippen molar-refractivity contribution in [1.29, 1.82) is 0 Å². The van der Waals surface area contributed by atoms with Gasteiger partial charge in [0.25, 0.3) is 0 Å². The molecule has 0 heterocycles. The Morgan fingerprint density at radius 1 is 1.16 bits per heavy atom. The topological polar surface area (TPSA) is 66.5 Å². The number of amides is 1. The SMILES string of the molecule is Cc1cccc(NC(=O)CCCN(c2cccc(Cl)c2)S(C)(=O)=O)c1. The lowest BCUT2D eigenvalue weighted by atomic mass is 10.2. The minimum atomic E-state index is -3.45. The van der Waals surface area contributed by atoms with Gasteiger partial charge in [-0.25, -0.2) is 8.42 Å². The van der Waals surface area contributed by atoms with Crippen molar-refractivity contribution in [3.8, 4) is 0 Å². The predicted octanol–water partition coefficient (Wildman–Crippen LogP) is 3.83. The Balaban J connectivity index is 1.96. The van der Waals surface area contributed by atoms with Gasteiger partial charge in [-0.1, -0.05) is 29.8 Å². The molecule has 5 nitrogen and oxygen atoms in total. The zero-order valence-corrected chi connectivity index (χ0v) is 15.8. The molecular weight excluding hydrogens is 360 g/mol. The zero-order chi connectivity index (χ0) is 18.4. The van der Waals surface area contributed by atoms with E-state index in [9.17, 15) is 13.2 Å². The molecule has 1 amide bonds. The highest BCUT2D eigenvalue weighted by atomic mass is 35.5. The van der Waals surface area contributed by atoms with Crippen molar-refractivity contribution in [3.05, 3.63) is 59.1 Å². The summed E-state index contributed by atoms with van der Waals surface area (Å²) in [5, 5.41) is 3.28. The quantitative estimate of drug-likeness (QED) is 0.793. The number of rotatable bonds is 7. The number of sulfonamides is 1. The van der Waals surface area contributed by atoms with Crippen molar-refractivity contribution < 1.29 is 13.2 Å². The normalized spacial score (nSPS) is 11.2. The molecule has 0 aliphatic rings. The number of carbonyl (C=O) groups is 1. The van der Waals surface area contributed by atoms with Gasteiger partial charge in [-0.2, -0.15) is 0 Å². The highest BCUT2D eigenvalue weighted by Gasteiger charge is 2.17. The molecule has 1 N–H and O–H groups in total. The van der Waals surface area contributed by atoms with Crippen LogP contribution in [0.5, 0.6) is 0 Å². The number of nitrogens with zero attached hydrogens (tertiary/aromatic N) is 1. The number of hydrogen-bond acceptors (Lipinski definition) is 3. The Kier molecular flexibility index (Phi) is 6.45. The average molecular weight is 381 g/mol. The van der Waals surface area contributed by atoms with E-state index in [1.807, 2.05) is 31.2 Å². The van der Waals surface area contributed by atoms with Gasteiger partial charge < -0.3 is 5.32 Å². The van der Waals surface area contributed by atoms with Crippen LogP contribution in [0, 0.1) is 6.92 Å². The molecule has 0 atom stereocenters. The Morgan fingerprint density at radius 3 is 2.52 bits per heavy atom. The molecule has 0 saturated heterocycles. The fourth-order valence-corrected chi connectivity index (χ4v) is 3.59. The molecule has 0 fully saturated rings. The highest BCUT2D eigenvalue weighted by molar-refractivity contribution is 7.92. The minimum Gasteiger partial charge on any atom is -0.326 e. The average Bonchev–Trinajstić information content (AvgIpc) is 2.50. The standard InChI is InChI=1S/C18H21ClN2O3S/c1-14-6-3-8-16(12-14)20-18(22)10-5-11-21(25(2,23)24)17-9-4-7-15(19)13-17/h3-4,6-9,12-13H,5,10-11H2,1-2H3,(H,20,22). The second-order valence-electron chi connectivity index (χ2n) is 5.84. The number of aryl methyl sites for hydroxylation is 1. The number of nitrogens with one attached hydrogen (secondary N) is 1. The second-order valence-corrected chi connectivity index (χ2v) is 8.18. The molecule has 0 aromatic heterocycles. The summed E-state index contributed by atoms with van der Waals surface area (Å²) >= 11 is 5.94. The van der Waals surface area contributed by atoms with Gasteiger partial charge in [0.1, 0.15) is 0 Å². The van der Waals surface area contributed by atoms with Gasteiger partial charge in [0, 0.05) is 23.7 Å². The number of anilines is 2. The van der Waals surface area contributed by atoms with E-state index in [1.165, 1.54) is 4.31 Å². The summed E-state index contributed by atoms with van der Waals surface area (Å²) in [6.45, 7) is 2.16. The van der Waals surface area contributed by atoms with Gasteiger partial charge in [0.15, 0.2) is 0 Å². The summed E-state index contributed by atoms with van der Waals surface area (Å²) in [6, 6.07) is 14.2. The number of hydrogen-bond donors (Lipinski definition) is 1. The van der Waals surface area contributed by atoms with Gasteiger partial charge in [-0.3, -0.25) is 9.10 Å². The van der Waals surface area contributed by atoms with Crippen LogP contribution in [0.1, 0.15) is 18.4 Å². The van der Waals surface area contributed by atoms with E-state index in [1.54, 1.807) is 24.3 Å². The van der Waals surface area contributed by atoms with Gasteiger partial charge in [-0.15, -0.1) is 0 Å². The fraction of sp³-hybridized carbons (Fsp3) is 0.278. The van der Waals surface area contributed by atoms with E-state index in [0.717, 1.165) is 17.5 Å². The molecule has 134 valence electrons. The van der Waals surface area contributed by atoms with E-state index in [-0.39, 0.29) is 18.9 Å². The molecule has 0 unspecified atom stereocenters. The molecule has 25 heavy (non-hydrogen) atoms. The number of carbonyl (C=O) groups excluding carboxylic acids is 1. The molecule has 0 aliphatic carbocycles. The van der Waals surface area contributed by atoms with Gasteiger partial charge >= 0.3 is 0 Å². The van der Waals surface area contributed by atoms with Crippen LogP contribution in [0.3, 0.4) is 0 Å². The summed E-state index contributed by atoms with van der Waals surface area (Å²) in [5.74, 6) is -0.148. The lowest BCUT2D eigenvalue weighted by molar-refractivity contribution is -0.116. The van der Waals surface area contributed by atoms with E-state index in [4.69, 9.17) is 11.6 Å². The van der Waals surface area contributed by atoms with E-state index in [0.29, 0.717) is 17.1 Å². The van der Waals surface area contributed by atoms with Crippen molar-refractivity contribution in [2.45, 2.75) is 19.8 Å². The van der Waals surface area contributed by atoms with Crippen LogP contribution >= 0.6 is 11.6 Å². The van der Waals surface area contributed by atoms with Crippen LogP contribution in [0.2, 0.25) is 5.02 Å². The molecule has 0 spiro atoms. The molecule has 0 radical (unpaired) electrons. The van der Waals surface area contributed by atoms with Crippen LogP contribution in [0.4, 0.5) is 11.4 Å². The van der Waals surface area contributed by atoms with Crippen LogP contribution in [-0.2, 0) is 14.8 Å². The third-order valence-electron chi connectivity index (χ3n) is 3.56. The molecule has 0 bridgehead atoms. The lowest BCUT2D eigenvalue weighted by Crippen LogP contribution is -2.31. The zero-order valence-electron chi connectivity index (χ0n) is 14.2. The largest absolute Gasteiger partial charge is 0.326 e. The summed E-state index contributed by atoms with van der Waals surface area (Å²) in [6.07, 6.45) is 1.76. The second kappa shape index (κ2) is 8.36. The third kappa shape index (κ3) is 6.07. The molecule has 2 aromatic carbocycles. The monoisotopic (exact) mass is 380 g/mol. The number of halogens is 1. The molecule has 0 aliphatic heterocycles. The van der Waals surface area contributed by atoms with Crippen molar-refractivity contribution in [3.63, 3.8) is 0 Å². The Bertz CT molecular complexity index is 853. The Hall–Kier alpha value is -2.05. The molecular formula is C18H21ClN2O3S. The van der Waals surface area contributed by atoms with Crippen molar-refractivity contribution in [2.24, 2.45) is 0 Å². The van der Waals surface area contributed by atoms with Crippen molar-refractivity contribution in [2.75, 3.05) is 22.4 Å². The predicted molar refractivity (Wildman–Crippen MR) is 103 cm³/mol. The first-order chi connectivity index (χ1) is 11.8. The molecule has 2 aromatic rings. The summed E-state index contributed by atoms with van der Waals surface area (Å²) in [5.41, 5.74) is 2.29. The Morgan fingerprint density at radius 2 is 1.88 bits per heavy atom. The fourth-order valence-electron chi connectivity index (χ4n) is 2.45. The number of benzene rings is 2. The highest BCUT2D eigenvalue weighted by Crippen LogP contribution is 2.22. The van der Waals surface area contributed by atoms with Crippen LogP contribution in [0.15, 0.2) is 48.5 Å². The van der Waals surface area contributed by atoms with Crippen LogP contribution in [0.25, 0.3) is 0 Å². The first-order valence-electron chi connectivity index (χ1n) is 7.85. The Labute approximate surface area is 153 Å². The first-order valence-corrected chi connectivity index (χ1v) is 10.1. The van der Waals surface area contributed by atoms with Crippen LogP contribution in [-0.4, -0.2) is 27.1 Å². The minimum absolute atomic E-state index is 0.148. The third-order valence-corrected chi connectivity index (χ3v) is 4.99. The summed E-state index contributed by atoms with van der Waals surface area (Å²) in [7, 11) is -3.45. The maximum absolute atomic E-state index is 12.0. The van der Waals surface area contributed by atoms with E-state index in [2.05, 4.69) is 5.32 Å². The van der Waals surface area contributed by atoms with Crippen molar-refractivity contribution in [1.82, 2.24) is 0 Å².